The van der Waals surface area contributed by atoms with Crippen molar-refractivity contribution in [2.24, 2.45) is 0 Å². The first kappa shape index (κ1) is 28.0. The number of carbonyl (C=O) groups excluding carboxylic acids is 2. The lowest BCUT2D eigenvalue weighted by molar-refractivity contribution is 0.101. The molecule has 0 aliphatic heterocycles. The molecule has 38 heavy (non-hydrogen) atoms. The molecule has 0 aliphatic rings. The van der Waals surface area contributed by atoms with Crippen LogP contribution in [0.4, 0.5) is 17.6 Å². The van der Waals surface area contributed by atoms with Gasteiger partial charge in [0.15, 0.2) is 11.5 Å². The standard InChI is InChI=1S/C25H29N5O8/c1-26-20-10-21(27-23(33)13-6-15(11-31)16(12-32)17(7-13)35-2)29-25(28-20)30-24(34)14-8-18(36-3)22(38-5)19(9-14)37-4/h6-10,31-32H,11-12H2,1-5H3,(H3,26,27,28,29,30,33,34). The number of methoxy groups -OCH3 is 4. The highest BCUT2D eigenvalue weighted by atomic mass is 16.5. The monoisotopic (exact) mass is 527 g/mol. The van der Waals surface area contributed by atoms with Crippen LogP contribution in [-0.4, -0.2) is 67.5 Å². The van der Waals surface area contributed by atoms with Crippen LogP contribution in [0.25, 0.3) is 0 Å². The molecule has 2 aromatic carbocycles. The first-order chi connectivity index (χ1) is 18.3. The highest BCUT2D eigenvalue weighted by Crippen LogP contribution is 2.38. The van der Waals surface area contributed by atoms with E-state index in [1.54, 1.807) is 7.05 Å². The lowest BCUT2D eigenvalue weighted by Crippen LogP contribution is -2.18. The van der Waals surface area contributed by atoms with Gasteiger partial charge >= 0.3 is 0 Å². The van der Waals surface area contributed by atoms with Gasteiger partial charge in [-0.2, -0.15) is 9.97 Å². The normalized spacial score (nSPS) is 10.4. The van der Waals surface area contributed by atoms with Crippen LogP contribution in [0.3, 0.4) is 0 Å². The number of anilines is 3. The number of rotatable bonds is 11. The second-order valence-electron chi connectivity index (χ2n) is 7.67. The molecular weight excluding hydrogens is 498 g/mol. The van der Waals surface area contributed by atoms with Gasteiger partial charge < -0.3 is 39.8 Å². The number of hydrogen-bond acceptors (Lipinski definition) is 11. The lowest BCUT2D eigenvalue weighted by Gasteiger charge is -2.15. The number of nitrogens with one attached hydrogen (secondary N) is 3. The number of hydrogen-bond donors (Lipinski definition) is 5. The first-order valence-corrected chi connectivity index (χ1v) is 11.2. The van der Waals surface area contributed by atoms with Crippen molar-refractivity contribution in [3.8, 4) is 23.0 Å². The Morgan fingerprint density at radius 1 is 0.737 bits per heavy atom. The van der Waals surface area contributed by atoms with Crippen molar-refractivity contribution in [2.75, 3.05) is 51.4 Å². The summed E-state index contributed by atoms with van der Waals surface area (Å²) < 4.78 is 21.1. The third-order valence-electron chi connectivity index (χ3n) is 5.49. The summed E-state index contributed by atoms with van der Waals surface area (Å²) in [7, 11) is 7.33. The minimum atomic E-state index is -0.565. The average Bonchev–Trinajstić information content (AvgIpc) is 2.94. The summed E-state index contributed by atoms with van der Waals surface area (Å²) in [6.45, 7) is -0.769. The van der Waals surface area contributed by atoms with Gasteiger partial charge in [-0.1, -0.05) is 0 Å². The number of amides is 2. The van der Waals surface area contributed by atoms with E-state index in [2.05, 4.69) is 25.9 Å². The summed E-state index contributed by atoms with van der Waals surface area (Å²) in [6, 6.07) is 7.30. The highest BCUT2D eigenvalue weighted by Gasteiger charge is 2.19. The maximum Gasteiger partial charge on any atom is 0.258 e. The van der Waals surface area contributed by atoms with Crippen LogP contribution in [0.5, 0.6) is 23.0 Å². The molecule has 13 heteroatoms. The number of ether oxygens (including phenoxy) is 4. The van der Waals surface area contributed by atoms with Crippen molar-refractivity contribution in [2.45, 2.75) is 13.2 Å². The minimum absolute atomic E-state index is 0.0878. The van der Waals surface area contributed by atoms with Gasteiger partial charge in [-0.25, -0.2) is 0 Å². The zero-order chi connectivity index (χ0) is 27.8. The largest absolute Gasteiger partial charge is 0.496 e. The second kappa shape index (κ2) is 12.6. The Balaban J connectivity index is 1.90. The van der Waals surface area contributed by atoms with Gasteiger partial charge in [-0.15, -0.1) is 0 Å². The molecule has 0 unspecified atom stereocenters. The number of nitrogens with zero attached hydrogens (tertiary/aromatic N) is 2. The van der Waals surface area contributed by atoms with Gasteiger partial charge in [-0.3, -0.25) is 14.9 Å². The van der Waals surface area contributed by atoms with Crippen LogP contribution in [0.15, 0.2) is 30.3 Å². The Morgan fingerprint density at radius 2 is 1.29 bits per heavy atom. The summed E-state index contributed by atoms with van der Waals surface area (Å²) in [5.41, 5.74) is 1.07. The molecule has 0 atom stereocenters. The van der Waals surface area contributed by atoms with E-state index in [1.165, 1.54) is 58.8 Å². The fraction of sp³-hybridized carbons (Fsp3) is 0.280. The number of aliphatic hydroxyl groups excluding tert-OH is 2. The zero-order valence-corrected chi connectivity index (χ0v) is 21.5. The first-order valence-electron chi connectivity index (χ1n) is 11.2. The maximum atomic E-state index is 13.0. The van der Waals surface area contributed by atoms with Crippen LogP contribution >= 0.6 is 0 Å². The van der Waals surface area contributed by atoms with Gasteiger partial charge in [0.2, 0.25) is 11.7 Å². The Labute approximate surface area is 218 Å². The lowest BCUT2D eigenvalue weighted by atomic mass is 10.0. The third kappa shape index (κ3) is 6.02. The predicted octanol–water partition coefficient (Wildman–Crippen LogP) is 2.04. The smallest absolute Gasteiger partial charge is 0.258 e. The van der Waals surface area contributed by atoms with Crippen LogP contribution < -0.4 is 34.9 Å². The molecule has 202 valence electrons. The number of carbonyl (C=O) groups is 2. The SMILES string of the molecule is CNc1cc(NC(=O)c2cc(CO)c(CO)c(OC)c2)nc(NC(=O)c2cc(OC)c(OC)c(OC)c2)n1. The fourth-order valence-electron chi connectivity index (χ4n) is 3.61. The molecule has 0 aliphatic carbocycles. The van der Waals surface area contributed by atoms with Crippen molar-refractivity contribution in [3.05, 3.63) is 52.6 Å². The fourth-order valence-corrected chi connectivity index (χ4v) is 3.61. The maximum absolute atomic E-state index is 13.0. The molecule has 3 rings (SSSR count). The molecule has 0 bridgehead atoms. The molecule has 1 aromatic heterocycles. The molecular formula is C25H29N5O8. The predicted molar refractivity (Wildman–Crippen MR) is 138 cm³/mol. The van der Waals surface area contributed by atoms with Crippen LogP contribution in [0.1, 0.15) is 31.8 Å². The number of aliphatic hydroxyl groups is 2. The van der Waals surface area contributed by atoms with Gasteiger partial charge in [0, 0.05) is 29.8 Å². The Hall–Kier alpha value is -4.62. The highest BCUT2D eigenvalue weighted by molar-refractivity contribution is 6.06. The zero-order valence-electron chi connectivity index (χ0n) is 21.5. The quantitative estimate of drug-likeness (QED) is 0.247. The van der Waals surface area contributed by atoms with Crippen molar-refractivity contribution in [3.63, 3.8) is 0 Å². The van der Waals surface area contributed by atoms with E-state index in [4.69, 9.17) is 18.9 Å². The van der Waals surface area contributed by atoms with E-state index in [0.717, 1.165) is 0 Å². The number of benzene rings is 2. The van der Waals surface area contributed by atoms with E-state index in [0.29, 0.717) is 34.2 Å². The summed E-state index contributed by atoms with van der Waals surface area (Å²) in [5.74, 6) is 0.357. The Kier molecular flexibility index (Phi) is 9.24. The van der Waals surface area contributed by atoms with E-state index < -0.39 is 18.4 Å². The van der Waals surface area contributed by atoms with Gasteiger partial charge in [-0.05, 0) is 29.8 Å². The van der Waals surface area contributed by atoms with Crippen molar-refractivity contribution in [1.82, 2.24) is 9.97 Å². The third-order valence-corrected chi connectivity index (χ3v) is 5.49. The van der Waals surface area contributed by atoms with Crippen molar-refractivity contribution < 1.29 is 38.7 Å². The summed E-state index contributed by atoms with van der Waals surface area (Å²) in [6.07, 6.45) is 0. The molecule has 2 amide bonds. The molecule has 0 fully saturated rings. The van der Waals surface area contributed by atoms with Crippen LogP contribution in [0, 0.1) is 0 Å². The van der Waals surface area contributed by atoms with E-state index in [-0.39, 0.29) is 35.2 Å². The van der Waals surface area contributed by atoms with E-state index in [1.807, 2.05) is 0 Å². The van der Waals surface area contributed by atoms with Gasteiger partial charge in [0.1, 0.15) is 17.4 Å². The topological polar surface area (TPSA) is 173 Å². The molecule has 0 saturated carbocycles. The summed E-state index contributed by atoms with van der Waals surface area (Å²) >= 11 is 0. The molecule has 3 aromatic rings. The Morgan fingerprint density at radius 3 is 1.82 bits per heavy atom. The van der Waals surface area contributed by atoms with Crippen molar-refractivity contribution in [1.29, 1.82) is 0 Å². The Bertz CT molecular complexity index is 1190. The molecule has 0 radical (unpaired) electrons. The van der Waals surface area contributed by atoms with Crippen LogP contribution in [-0.2, 0) is 13.2 Å². The molecule has 1 heterocycles. The summed E-state index contributed by atoms with van der Waals surface area (Å²) in [4.78, 5) is 34.4. The summed E-state index contributed by atoms with van der Waals surface area (Å²) in [5, 5.41) is 27.3. The van der Waals surface area contributed by atoms with Crippen molar-refractivity contribution >= 4 is 29.4 Å². The van der Waals surface area contributed by atoms with Gasteiger partial charge in [0.05, 0.1) is 41.7 Å². The van der Waals surface area contributed by atoms with E-state index >= 15 is 0 Å². The minimum Gasteiger partial charge on any atom is -0.496 e. The molecule has 0 saturated heterocycles. The second-order valence-corrected chi connectivity index (χ2v) is 7.67. The molecule has 13 nitrogen and oxygen atoms in total. The number of aromatic nitrogens is 2. The molecule has 0 spiro atoms. The average molecular weight is 528 g/mol. The van der Waals surface area contributed by atoms with E-state index in [9.17, 15) is 19.8 Å². The van der Waals surface area contributed by atoms with Gasteiger partial charge in [0.25, 0.3) is 11.8 Å². The molecule has 5 N–H and O–H groups in total. The van der Waals surface area contributed by atoms with Crippen LogP contribution in [0.2, 0.25) is 0 Å².